The molecular formula is C23H28N4O2. The maximum atomic E-state index is 5.88. The van der Waals surface area contributed by atoms with Gasteiger partial charge in [-0.25, -0.2) is 4.98 Å². The smallest absolute Gasteiger partial charge is 0.170 e. The molecule has 0 aromatic carbocycles. The number of allylic oxidation sites excluding steroid dienone is 4. The number of nitrogen functional groups attached to an aromatic ring is 1. The average molecular weight is 393 g/mol. The summed E-state index contributed by atoms with van der Waals surface area (Å²) in [4.78, 5) is 8.51. The Morgan fingerprint density at radius 3 is 2.69 bits per heavy atom. The molecule has 2 N–H and O–H groups in total. The Morgan fingerprint density at radius 1 is 1.17 bits per heavy atom. The molecule has 6 heteroatoms. The van der Waals surface area contributed by atoms with Crippen LogP contribution in [0.2, 0.25) is 0 Å². The van der Waals surface area contributed by atoms with Gasteiger partial charge in [0.15, 0.2) is 5.76 Å². The first-order valence-electron chi connectivity index (χ1n) is 9.68. The van der Waals surface area contributed by atoms with Crippen LogP contribution in [0.1, 0.15) is 44.6 Å². The molecule has 0 radical (unpaired) electrons. The van der Waals surface area contributed by atoms with Gasteiger partial charge >= 0.3 is 0 Å². The number of nitrogens with two attached hydrogens (primary N) is 1. The van der Waals surface area contributed by atoms with Gasteiger partial charge in [0.05, 0.1) is 22.7 Å². The van der Waals surface area contributed by atoms with Gasteiger partial charge in [0, 0.05) is 24.9 Å². The number of hydrogen-bond acceptors (Lipinski definition) is 6. The van der Waals surface area contributed by atoms with Crippen molar-refractivity contribution in [2.75, 3.05) is 5.73 Å². The zero-order valence-electron chi connectivity index (χ0n) is 17.4. The van der Waals surface area contributed by atoms with E-state index < -0.39 is 0 Å². The Balaban J connectivity index is 0.00000145. The molecule has 6 nitrogen and oxygen atoms in total. The number of rotatable bonds is 7. The lowest BCUT2D eigenvalue weighted by atomic mass is 10.1. The summed E-state index contributed by atoms with van der Waals surface area (Å²) in [5.41, 5.74) is 9.34. The molecule has 0 unspecified atom stereocenters. The molecule has 0 aliphatic rings. The van der Waals surface area contributed by atoms with Crippen LogP contribution in [-0.4, -0.2) is 15.1 Å². The van der Waals surface area contributed by atoms with E-state index in [9.17, 15) is 0 Å². The largest absolute Gasteiger partial charge is 0.492 e. The Kier molecular flexibility index (Phi) is 8.63. The molecule has 3 rings (SSSR count). The van der Waals surface area contributed by atoms with Gasteiger partial charge in [-0.1, -0.05) is 37.2 Å². The third-order valence-electron chi connectivity index (χ3n) is 3.91. The summed E-state index contributed by atoms with van der Waals surface area (Å²) in [6, 6.07) is 9.52. The summed E-state index contributed by atoms with van der Waals surface area (Å²) >= 11 is 0. The van der Waals surface area contributed by atoms with Crippen molar-refractivity contribution < 1.29 is 9.26 Å². The minimum absolute atomic E-state index is 0.421. The third-order valence-corrected chi connectivity index (χ3v) is 3.91. The second-order valence-electron chi connectivity index (χ2n) is 6.05. The summed E-state index contributed by atoms with van der Waals surface area (Å²) in [7, 11) is 0. The summed E-state index contributed by atoms with van der Waals surface area (Å²) < 4.78 is 11.1. The monoisotopic (exact) mass is 392 g/mol. The van der Waals surface area contributed by atoms with E-state index in [1.807, 2.05) is 82.5 Å². The Bertz CT molecular complexity index is 944. The zero-order chi connectivity index (χ0) is 21.1. The van der Waals surface area contributed by atoms with Gasteiger partial charge in [0.2, 0.25) is 0 Å². The number of pyridine rings is 2. The highest BCUT2D eigenvalue weighted by molar-refractivity contribution is 5.69. The van der Waals surface area contributed by atoms with Crippen LogP contribution in [0.15, 0.2) is 71.2 Å². The van der Waals surface area contributed by atoms with Gasteiger partial charge in [-0.3, -0.25) is 4.98 Å². The van der Waals surface area contributed by atoms with E-state index in [-0.39, 0.29) is 0 Å². The molecule has 0 aliphatic carbocycles. The van der Waals surface area contributed by atoms with Gasteiger partial charge in [-0.05, 0) is 43.7 Å². The van der Waals surface area contributed by atoms with Crippen molar-refractivity contribution in [1.82, 2.24) is 15.1 Å². The van der Waals surface area contributed by atoms with Crippen LogP contribution >= 0.6 is 0 Å². The van der Waals surface area contributed by atoms with Gasteiger partial charge in [-0.15, -0.1) is 0 Å². The molecule has 29 heavy (non-hydrogen) atoms. The third kappa shape index (κ3) is 6.60. The number of ether oxygens (including phenoxy) is 1. The normalized spacial score (nSPS) is 11.2. The molecule has 3 aromatic rings. The van der Waals surface area contributed by atoms with Crippen molar-refractivity contribution in [3.05, 3.63) is 83.7 Å². The summed E-state index contributed by atoms with van der Waals surface area (Å²) in [5.74, 6) is 1.88. The van der Waals surface area contributed by atoms with E-state index in [1.165, 1.54) is 0 Å². The molecule has 0 atom stereocenters. The maximum absolute atomic E-state index is 5.88. The SMILES string of the molecule is C/C=C\C=C(/C)OCc1ccc(Cc2cc(-c3cccnc3N)on2)cn1.CC. The van der Waals surface area contributed by atoms with Crippen molar-refractivity contribution >= 4 is 5.82 Å². The highest BCUT2D eigenvalue weighted by Crippen LogP contribution is 2.25. The first-order valence-corrected chi connectivity index (χ1v) is 9.68. The van der Waals surface area contributed by atoms with Crippen LogP contribution in [-0.2, 0) is 17.8 Å². The number of hydrogen-bond donors (Lipinski definition) is 1. The van der Waals surface area contributed by atoms with Crippen molar-refractivity contribution in [2.24, 2.45) is 0 Å². The van der Waals surface area contributed by atoms with E-state index in [0.29, 0.717) is 24.6 Å². The lowest BCUT2D eigenvalue weighted by molar-refractivity contribution is 0.197. The van der Waals surface area contributed by atoms with Crippen LogP contribution in [0.5, 0.6) is 0 Å². The van der Waals surface area contributed by atoms with E-state index in [0.717, 1.165) is 28.3 Å². The predicted octanol–water partition coefficient (Wildman–Crippen LogP) is 5.33. The van der Waals surface area contributed by atoms with Crippen molar-refractivity contribution in [2.45, 2.75) is 40.7 Å². The second kappa shape index (κ2) is 11.4. The summed E-state index contributed by atoms with van der Waals surface area (Å²) in [5, 5.41) is 4.11. The molecule has 0 fully saturated rings. The van der Waals surface area contributed by atoms with Gasteiger partial charge in [0.25, 0.3) is 0 Å². The standard InChI is InChI=1S/C21H22N4O2.C2H6/c1-3-4-6-15(2)26-14-17-9-8-16(13-24-17)11-18-12-20(27-25-18)19-7-5-10-23-21(19)22;1-2/h3-10,12-13H,11,14H2,1-2H3,(H2,22,23);1-2H3/b4-3-,15-6+;. The first kappa shape index (κ1) is 21.9. The van der Waals surface area contributed by atoms with E-state index in [2.05, 4.69) is 15.1 Å². The quantitative estimate of drug-likeness (QED) is 0.432. The average Bonchev–Trinajstić information content (AvgIpc) is 3.21. The molecule has 152 valence electrons. The van der Waals surface area contributed by atoms with E-state index in [1.54, 1.807) is 6.20 Å². The highest BCUT2D eigenvalue weighted by Gasteiger charge is 2.11. The molecule has 0 bridgehead atoms. The Labute approximate surface area is 172 Å². The van der Waals surface area contributed by atoms with Crippen LogP contribution in [0, 0.1) is 0 Å². The molecule has 3 heterocycles. The topological polar surface area (TPSA) is 87.1 Å². The van der Waals surface area contributed by atoms with Gasteiger partial charge < -0.3 is 15.0 Å². The van der Waals surface area contributed by atoms with Crippen LogP contribution < -0.4 is 5.73 Å². The fraction of sp³-hybridized carbons (Fsp3) is 0.261. The Morgan fingerprint density at radius 2 is 2.00 bits per heavy atom. The second-order valence-corrected chi connectivity index (χ2v) is 6.05. The molecule has 3 aromatic heterocycles. The molecule has 0 spiro atoms. The molecule has 0 aliphatic heterocycles. The summed E-state index contributed by atoms with van der Waals surface area (Å²) in [6.07, 6.45) is 9.92. The number of nitrogens with zero attached hydrogens (tertiary/aromatic N) is 3. The van der Waals surface area contributed by atoms with Crippen molar-refractivity contribution in [1.29, 1.82) is 0 Å². The lowest BCUT2D eigenvalue weighted by Gasteiger charge is -2.06. The minimum atomic E-state index is 0.421. The predicted molar refractivity (Wildman–Crippen MR) is 116 cm³/mol. The minimum Gasteiger partial charge on any atom is -0.492 e. The molecule has 0 saturated carbocycles. The van der Waals surface area contributed by atoms with Crippen LogP contribution in [0.25, 0.3) is 11.3 Å². The molecule has 0 amide bonds. The van der Waals surface area contributed by atoms with Crippen molar-refractivity contribution in [3.63, 3.8) is 0 Å². The highest BCUT2D eigenvalue weighted by atomic mass is 16.5. The van der Waals surface area contributed by atoms with Gasteiger partial charge in [0.1, 0.15) is 12.4 Å². The van der Waals surface area contributed by atoms with Gasteiger partial charge in [-0.2, -0.15) is 0 Å². The maximum Gasteiger partial charge on any atom is 0.170 e. The lowest BCUT2D eigenvalue weighted by Crippen LogP contribution is -1.96. The summed E-state index contributed by atoms with van der Waals surface area (Å²) in [6.45, 7) is 8.33. The van der Waals surface area contributed by atoms with E-state index >= 15 is 0 Å². The van der Waals surface area contributed by atoms with Crippen molar-refractivity contribution in [3.8, 4) is 11.3 Å². The zero-order valence-corrected chi connectivity index (χ0v) is 17.4. The molecule has 0 saturated heterocycles. The first-order chi connectivity index (χ1) is 14.2. The molecular weight excluding hydrogens is 364 g/mol. The Hall–Kier alpha value is -3.41. The number of aromatic nitrogens is 3. The fourth-order valence-corrected chi connectivity index (χ4v) is 2.47. The van der Waals surface area contributed by atoms with E-state index in [4.69, 9.17) is 15.0 Å². The van der Waals surface area contributed by atoms with Crippen LogP contribution in [0.4, 0.5) is 5.82 Å². The van der Waals surface area contributed by atoms with Crippen LogP contribution in [0.3, 0.4) is 0 Å². The fourth-order valence-electron chi connectivity index (χ4n) is 2.47. The number of anilines is 1.